The molecule has 0 radical (unpaired) electrons. The minimum absolute atomic E-state index is 0.146. The maximum atomic E-state index is 8.94. The Morgan fingerprint density at radius 2 is 2.07 bits per heavy atom. The van der Waals surface area contributed by atoms with Crippen LogP contribution in [0.2, 0.25) is 0 Å². The quantitative estimate of drug-likeness (QED) is 0.626. The summed E-state index contributed by atoms with van der Waals surface area (Å²) in [5.41, 5.74) is 0.146. The molecule has 0 heterocycles. The van der Waals surface area contributed by atoms with E-state index in [1.807, 2.05) is 6.08 Å². The van der Waals surface area contributed by atoms with Crippen LogP contribution in [0.1, 0.15) is 27.7 Å². The molecule has 1 atom stereocenters. The number of hydrogen-bond donors (Lipinski definition) is 2. The first kappa shape index (κ1) is 14.6. The second-order valence-electron chi connectivity index (χ2n) is 4.99. The van der Waals surface area contributed by atoms with Crippen molar-refractivity contribution in [1.29, 1.82) is 0 Å². The van der Waals surface area contributed by atoms with Crippen molar-refractivity contribution in [2.45, 2.75) is 39.3 Å². The normalized spacial score (nSPS) is 14.3. The average molecular weight is 214 g/mol. The van der Waals surface area contributed by atoms with Gasteiger partial charge in [0.25, 0.3) is 0 Å². The van der Waals surface area contributed by atoms with Gasteiger partial charge in [-0.05, 0) is 27.7 Å². The van der Waals surface area contributed by atoms with E-state index >= 15 is 0 Å². The minimum atomic E-state index is 0.146. The summed E-state index contributed by atoms with van der Waals surface area (Å²) in [5, 5.41) is 12.4. The second kappa shape index (κ2) is 6.99. The van der Waals surface area contributed by atoms with Gasteiger partial charge in [-0.25, -0.2) is 0 Å². The summed E-state index contributed by atoms with van der Waals surface area (Å²) in [6, 6.07) is 0.411. The lowest BCUT2D eigenvalue weighted by molar-refractivity contribution is 0.164. The van der Waals surface area contributed by atoms with E-state index in [9.17, 15) is 0 Å². The third-order valence-electron chi connectivity index (χ3n) is 2.30. The van der Waals surface area contributed by atoms with Crippen molar-refractivity contribution in [3.8, 4) is 0 Å². The molecule has 90 valence electrons. The summed E-state index contributed by atoms with van der Waals surface area (Å²) in [6.07, 6.45) is 1.88. The lowest BCUT2D eigenvalue weighted by atomic mass is 10.1. The molecule has 0 rings (SSSR count). The highest BCUT2D eigenvalue weighted by Crippen LogP contribution is 2.02. The predicted molar refractivity (Wildman–Crippen MR) is 66.1 cm³/mol. The fourth-order valence-corrected chi connectivity index (χ4v) is 1.37. The molecule has 0 spiro atoms. The van der Waals surface area contributed by atoms with Crippen molar-refractivity contribution in [2.24, 2.45) is 0 Å². The van der Waals surface area contributed by atoms with Crippen LogP contribution in [0, 0.1) is 0 Å². The average Bonchev–Trinajstić information content (AvgIpc) is 2.13. The SMILES string of the molecule is C=CCN(CCO)C(C)CNC(C)(C)C. The summed E-state index contributed by atoms with van der Waals surface area (Å²) in [5.74, 6) is 0. The third-order valence-corrected chi connectivity index (χ3v) is 2.30. The Labute approximate surface area is 94.2 Å². The molecule has 0 aliphatic carbocycles. The van der Waals surface area contributed by atoms with E-state index in [0.717, 1.165) is 13.1 Å². The molecule has 0 aromatic heterocycles. The van der Waals surface area contributed by atoms with Gasteiger partial charge in [-0.3, -0.25) is 4.90 Å². The summed E-state index contributed by atoms with van der Waals surface area (Å²) >= 11 is 0. The molecular weight excluding hydrogens is 188 g/mol. The van der Waals surface area contributed by atoms with Crippen molar-refractivity contribution >= 4 is 0 Å². The van der Waals surface area contributed by atoms with Gasteiger partial charge >= 0.3 is 0 Å². The number of aliphatic hydroxyl groups is 1. The molecule has 0 bridgehead atoms. The number of hydrogen-bond acceptors (Lipinski definition) is 3. The van der Waals surface area contributed by atoms with Crippen molar-refractivity contribution in [1.82, 2.24) is 10.2 Å². The Bertz CT molecular complexity index is 175. The first-order chi connectivity index (χ1) is 6.90. The van der Waals surface area contributed by atoms with Crippen LogP contribution in [0.15, 0.2) is 12.7 Å². The zero-order chi connectivity index (χ0) is 11.9. The van der Waals surface area contributed by atoms with Gasteiger partial charge in [0, 0.05) is 31.2 Å². The third kappa shape index (κ3) is 7.54. The zero-order valence-electron chi connectivity index (χ0n) is 10.6. The number of aliphatic hydroxyl groups excluding tert-OH is 1. The van der Waals surface area contributed by atoms with Crippen LogP contribution in [-0.4, -0.2) is 47.8 Å². The Kier molecular flexibility index (Phi) is 6.81. The van der Waals surface area contributed by atoms with Crippen LogP contribution in [0.3, 0.4) is 0 Å². The zero-order valence-corrected chi connectivity index (χ0v) is 10.6. The molecule has 0 aliphatic heterocycles. The van der Waals surface area contributed by atoms with Gasteiger partial charge in [0.05, 0.1) is 6.61 Å². The van der Waals surface area contributed by atoms with Gasteiger partial charge in [-0.15, -0.1) is 6.58 Å². The maximum Gasteiger partial charge on any atom is 0.0558 e. The molecule has 1 unspecified atom stereocenters. The Hall–Kier alpha value is -0.380. The van der Waals surface area contributed by atoms with E-state index in [4.69, 9.17) is 5.11 Å². The van der Waals surface area contributed by atoms with Crippen molar-refractivity contribution < 1.29 is 5.11 Å². The van der Waals surface area contributed by atoms with Gasteiger partial charge in [0.2, 0.25) is 0 Å². The van der Waals surface area contributed by atoms with Gasteiger partial charge in [-0.1, -0.05) is 6.08 Å². The number of nitrogens with one attached hydrogen (secondary N) is 1. The molecule has 0 saturated heterocycles. The van der Waals surface area contributed by atoms with E-state index in [1.54, 1.807) is 0 Å². The first-order valence-electron chi connectivity index (χ1n) is 5.61. The second-order valence-corrected chi connectivity index (χ2v) is 4.99. The van der Waals surface area contributed by atoms with Gasteiger partial charge in [0.15, 0.2) is 0 Å². The van der Waals surface area contributed by atoms with Crippen LogP contribution in [0.4, 0.5) is 0 Å². The Morgan fingerprint density at radius 3 is 2.47 bits per heavy atom. The van der Waals surface area contributed by atoms with Gasteiger partial charge in [0.1, 0.15) is 0 Å². The summed E-state index contributed by atoms with van der Waals surface area (Å²) in [6.45, 7) is 15.0. The van der Waals surface area contributed by atoms with Crippen molar-refractivity contribution in [2.75, 3.05) is 26.2 Å². The molecule has 3 nitrogen and oxygen atoms in total. The van der Waals surface area contributed by atoms with E-state index in [0.29, 0.717) is 12.6 Å². The van der Waals surface area contributed by atoms with Crippen molar-refractivity contribution in [3.63, 3.8) is 0 Å². The molecule has 0 aromatic carbocycles. The molecular formula is C12H26N2O. The molecule has 3 heteroatoms. The van der Waals surface area contributed by atoms with E-state index < -0.39 is 0 Å². The topological polar surface area (TPSA) is 35.5 Å². The monoisotopic (exact) mass is 214 g/mol. The molecule has 15 heavy (non-hydrogen) atoms. The van der Waals surface area contributed by atoms with Gasteiger partial charge < -0.3 is 10.4 Å². The van der Waals surface area contributed by atoms with E-state index in [-0.39, 0.29) is 12.1 Å². The largest absolute Gasteiger partial charge is 0.395 e. The first-order valence-corrected chi connectivity index (χ1v) is 5.61. The van der Waals surface area contributed by atoms with E-state index in [2.05, 4.69) is 44.5 Å². The van der Waals surface area contributed by atoms with Crippen LogP contribution >= 0.6 is 0 Å². The Balaban J connectivity index is 4.01. The minimum Gasteiger partial charge on any atom is -0.395 e. The summed E-state index contributed by atoms with van der Waals surface area (Å²) in [7, 11) is 0. The maximum absolute atomic E-state index is 8.94. The van der Waals surface area contributed by atoms with E-state index in [1.165, 1.54) is 0 Å². The lowest BCUT2D eigenvalue weighted by Gasteiger charge is -2.30. The lowest BCUT2D eigenvalue weighted by Crippen LogP contribution is -2.47. The highest BCUT2D eigenvalue weighted by molar-refractivity contribution is 4.80. The smallest absolute Gasteiger partial charge is 0.0558 e. The molecule has 0 amide bonds. The van der Waals surface area contributed by atoms with Crippen LogP contribution < -0.4 is 5.32 Å². The van der Waals surface area contributed by atoms with Gasteiger partial charge in [-0.2, -0.15) is 0 Å². The fourth-order valence-electron chi connectivity index (χ4n) is 1.37. The predicted octanol–water partition coefficient (Wildman–Crippen LogP) is 1.24. The highest BCUT2D eigenvalue weighted by Gasteiger charge is 2.15. The fraction of sp³-hybridized carbons (Fsp3) is 0.833. The molecule has 2 N–H and O–H groups in total. The van der Waals surface area contributed by atoms with Crippen molar-refractivity contribution in [3.05, 3.63) is 12.7 Å². The summed E-state index contributed by atoms with van der Waals surface area (Å²) < 4.78 is 0. The molecule has 0 aromatic rings. The molecule has 0 aliphatic rings. The van der Waals surface area contributed by atoms with Crippen LogP contribution in [-0.2, 0) is 0 Å². The number of nitrogens with zero attached hydrogens (tertiary/aromatic N) is 1. The molecule has 0 saturated carbocycles. The summed E-state index contributed by atoms with van der Waals surface area (Å²) in [4.78, 5) is 2.21. The Morgan fingerprint density at radius 1 is 1.47 bits per heavy atom. The molecule has 0 fully saturated rings. The highest BCUT2D eigenvalue weighted by atomic mass is 16.3. The van der Waals surface area contributed by atoms with Crippen LogP contribution in [0.25, 0.3) is 0 Å². The standard InChI is InChI=1S/C12H26N2O/c1-6-7-14(8-9-15)11(2)10-13-12(3,4)5/h6,11,13,15H,1,7-10H2,2-5H3. The van der Waals surface area contributed by atoms with Crippen LogP contribution in [0.5, 0.6) is 0 Å². The number of rotatable bonds is 7.